The van der Waals surface area contributed by atoms with Crippen molar-refractivity contribution >= 4 is 5.69 Å². The smallest absolute Gasteiger partial charge is 0.146 e. The highest BCUT2D eigenvalue weighted by Crippen LogP contribution is 2.22. The van der Waals surface area contributed by atoms with E-state index in [1.54, 1.807) is 6.07 Å². The summed E-state index contributed by atoms with van der Waals surface area (Å²) < 4.78 is 13.7. The van der Waals surface area contributed by atoms with Crippen LogP contribution >= 0.6 is 0 Å². The van der Waals surface area contributed by atoms with Gasteiger partial charge in [0.15, 0.2) is 0 Å². The van der Waals surface area contributed by atoms with E-state index in [4.69, 9.17) is 0 Å². The Morgan fingerprint density at radius 2 is 2.13 bits per heavy atom. The number of hydrogen-bond acceptors (Lipinski definition) is 2. The summed E-state index contributed by atoms with van der Waals surface area (Å²) in [6.07, 6.45) is 0. The van der Waals surface area contributed by atoms with E-state index in [2.05, 4.69) is 5.32 Å². The van der Waals surface area contributed by atoms with Crippen molar-refractivity contribution in [1.29, 1.82) is 0 Å². The topological polar surface area (TPSA) is 15.3 Å². The molecule has 0 aliphatic rings. The summed E-state index contributed by atoms with van der Waals surface area (Å²) in [5.41, 5.74) is 1.63. The Morgan fingerprint density at radius 1 is 1.47 bits per heavy atom. The van der Waals surface area contributed by atoms with Crippen LogP contribution in [0.3, 0.4) is 0 Å². The Bertz CT molecular complexity index is 325. The summed E-state index contributed by atoms with van der Waals surface area (Å²) in [5, 5.41) is 3.09. The van der Waals surface area contributed by atoms with Crippen molar-refractivity contribution in [2.75, 3.05) is 25.5 Å². The zero-order valence-corrected chi connectivity index (χ0v) is 9.84. The summed E-state index contributed by atoms with van der Waals surface area (Å²) in [6, 6.07) is 5.58. The van der Waals surface area contributed by atoms with Crippen molar-refractivity contribution in [2.45, 2.75) is 19.9 Å². The standard InChI is InChI=1S/C12H19FN2/c1-5-15(4)12-7-6-10(8-11(12)13)9(2)14-3/h6-9,14H,5H2,1-4H3. The number of nitrogens with one attached hydrogen (secondary N) is 1. The second-order valence-corrected chi connectivity index (χ2v) is 3.74. The summed E-state index contributed by atoms with van der Waals surface area (Å²) >= 11 is 0. The van der Waals surface area contributed by atoms with E-state index in [9.17, 15) is 4.39 Å². The van der Waals surface area contributed by atoms with Crippen molar-refractivity contribution in [2.24, 2.45) is 0 Å². The van der Waals surface area contributed by atoms with Gasteiger partial charge in [-0.2, -0.15) is 0 Å². The zero-order valence-electron chi connectivity index (χ0n) is 9.84. The lowest BCUT2D eigenvalue weighted by molar-refractivity contribution is 0.606. The molecule has 1 aromatic rings. The fourth-order valence-electron chi connectivity index (χ4n) is 1.44. The molecule has 1 unspecified atom stereocenters. The molecule has 0 saturated carbocycles. The van der Waals surface area contributed by atoms with Crippen LogP contribution in [-0.2, 0) is 0 Å². The van der Waals surface area contributed by atoms with E-state index in [0.717, 1.165) is 12.1 Å². The van der Waals surface area contributed by atoms with Crippen LogP contribution < -0.4 is 10.2 Å². The molecule has 0 aliphatic heterocycles. The van der Waals surface area contributed by atoms with Gasteiger partial charge in [0.1, 0.15) is 5.82 Å². The van der Waals surface area contributed by atoms with E-state index in [1.807, 2.05) is 45.0 Å². The first-order chi connectivity index (χ1) is 7.10. The molecule has 1 N–H and O–H groups in total. The third-order valence-corrected chi connectivity index (χ3v) is 2.79. The molecule has 0 saturated heterocycles. The first kappa shape index (κ1) is 12.0. The quantitative estimate of drug-likeness (QED) is 0.821. The van der Waals surface area contributed by atoms with Crippen molar-refractivity contribution in [1.82, 2.24) is 5.32 Å². The molecule has 0 fully saturated rings. The maximum absolute atomic E-state index is 13.7. The molecule has 1 aromatic carbocycles. The summed E-state index contributed by atoms with van der Waals surface area (Å²) in [6.45, 7) is 4.82. The van der Waals surface area contributed by atoms with Gasteiger partial charge in [0, 0.05) is 19.6 Å². The van der Waals surface area contributed by atoms with E-state index in [-0.39, 0.29) is 11.9 Å². The highest BCUT2D eigenvalue weighted by molar-refractivity contribution is 5.48. The van der Waals surface area contributed by atoms with Gasteiger partial charge in [-0.1, -0.05) is 6.07 Å². The van der Waals surface area contributed by atoms with Crippen LogP contribution in [0, 0.1) is 5.82 Å². The second kappa shape index (κ2) is 5.12. The predicted molar refractivity (Wildman–Crippen MR) is 62.8 cm³/mol. The molecule has 0 radical (unpaired) electrons. The Balaban J connectivity index is 2.97. The molecule has 2 nitrogen and oxygen atoms in total. The van der Waals surface area contributed by atoms with Crippen molar-refractivity contribution < 1.29 is 4.39 Å². The molecule has 84 valence electrons. The van der Waals surface area contributed by atoms with Crippen LogP contribution in [0.1, 0.15) is 25.5 Å². The van der Waals surface area contributed by atoms with E-state index < -0.39 is 0 Å². The number of benzene rings is 1. The molecular formula is C12H19FN2. The van der Waals surface area contributed by atoms with Gasteiger partial charge in [0.05, 0.1) is 5.69 Å². The number of hydrogen-bond donors (Lipinski definition) is 1. The molecule has 1 rings (SSSR count). The average molecular weight is 210 g/mol. The Kier molecular flexibility index (Phi) is 4.09. The summed E-state index contributed by atoms with van der Waals surface area (Å²) in [7, 11) is 3.76. The maximum Gasteiger partial charge on any atom is 0.146 e. The lowest BCUT2D eigenvalue weighted by atomic mass is 10.1. The SMILES string of the molecule is CCN(C)c1ccc(C(C)NC)cc1F. The molecule has 0 aliphatic carbocycles. The Morgan fingerprint density at radius 3 is 2.60 bits per heavy atom. The largest absolute Gasteiger partial charge is 0.373 e. The van der Waals surface area contributed by atoms with E-state index in [1.165, 1.54) is 0 Å². The van der Waals surface area contributed by atoms with Crippen LogP contribution in [-0.4, -0.2) is 20.6 Å². The van der Waals surface area contributed by atoms with E-state index >= 15 is 0 Å². The van der Waals surface area contributed by atoms with Gasteiger partial charge in [0.2, 0.25) is 0 Å². The van der Waals surface area contributed by atoms with Crippen LogP contribution in [0.4, 0.5) is 10.1 Å². The monoisotopic (exact) mass is 210 g/mol. The highest BCUT2D eigenvalue weighted by atomic mass is 19.1. The molecule has 0 spiro atoms. The van der Waals surface area contributed by atoms with Gasteiger partial charge in [-0.25, -0.2) is 4.39 Å². The molecule has 0 amide bonds. The average Bonchev–Trinajstić information content (AvgIpc) is 2.26. The highest BCUT2D eigenvalue weighted by Gasteiger charge is 2.09. The number of anilines is 1. The van der Waals surface area contributed by atoms with Crippen molar-refractivity contribution in [3.8, 4) is 0 Å². The summed E-state index contributed by atoms with van der Waals surface area (Å²) in [4.78, 5) is 1.89. The predicted octanol–water partition coefficient (Wildman–Crippen LogP) is 2.56. The van der Waals surface area contributed by atoms with Crippen LogP contribution in [0.25, 0.3) is 0 Å². The molecule has 3 heteroatoms. The van der Waals surface area contributed by atoms with E-state index in [0.29, 0.717) is 5.69 Å². The van der Waals surface area contributed by atoms with Gasteiger partial charge < -0.3 is 10.2 Å². The fourth-order valence-corrected chi connectivity index (χ4v) is 1.44. The first-order valence-electron chi connectivity index (χ1n) is 5.28. The van der Waals surface area contributed by atoms with Crippen molar-refractivity contribution in [3.05, 3.63) is 29.6 Å². The molecule has 1 atom stereocenters. The zero-order chi connectivity index (χ0) is 11.4. The van der Waals surface area contributed by atoms with Gasteiger partial charge in [-0.3, -0.25) is 0 Å². The Labute approximate surface area is 91.1 Å². The third kappa shape index (κ3) is 2.69. The van der Waals surface area contributed by atoms with Gasteiger partial charge in [-0.05, 0) is 38.6 Å². The minimum atomic E-state index is -0.154. The number of rotatable bonds is 4. The minimum absolute atomic E-state index is 0.154. The molecule has 15 heavy (non-hydrogen) atoms. The molecule has 0 aromatic heterocycles. The lowest BCUT2D eigenvalue weighted by Crippen LogP contribution is -2.18. The number of halogens is 1. The lowest BCUT2D eigenvalue weighted by Gasteiger charge is -2.19. The molecule has 0 bridgehead atoms. The minimum Gasteiger partial charge on any atom is -0.373 e. The van der Waals surface area contributed by atoms with Gasteiger partial charge in [-0.15, -0.1) is 0 Å². The normalized spacial score (nSPS) is 12.6. The summed E-state index contributed by atoms with van der Waals surface area (Å²) in [5.74, 6) is -0.154. The van der Waals surface area contributed by atoms with Gasteiger partial charge >= 0.3 is 0 Å². The third-order valence-electron chi connectivity index (χ3n) is 2.79. The van der Waals surface area contributed by atoms with Crippen LogP contribution in [0.15, 0.2) is 18.2 Å². The molecular weight excluding hydrogens is 191 g/mol. The maximum atomic E-state index is 13.7. The fraction of sp³-hybridized carbons (Fsp3) is 0.500. The second-order valence-electron chi connectivity index (χ2n) is 3.74. The van der Waals surface area contributed by atoms with Crippen molar-refractivity contribution in [3.63, 3.8) is 0 Å². The van der Waals surface area contributed by atoms with Crippen LogP contribution in [0.5, 0.6) is 0 Å². The Hall–Kier alpha value is -1.09. The molecule has 0 heterocycles. The first-order valence-corrected chi connectivity index (χ1v) is 5.28. The number of nitrogens with zero attached hydrogens (tertiary/aromatic N) is 1. The van der Waals surface area contributed by atoms with Gasteiger partial charge in [0.25, 0.3) is 0 Å². The van der Waals surface area contributed by atoms with Crippen LogP contribution in [0.2, 0.25) is 0 Å².